The van der Waals surface area contributed by atoms with Gasteiger partial charge in [0.15, 0.2) is 0 Å². The molecule has 1 saturated heterocycles. The van der Waals surface area contributed by atoms with Gasteiger partial charge in [-0.1, -0.05) is 31.2 Å². The van der Waals surface area contributed by atoms with Crippen LogP contribution >= 0.6 is 0 Å². The number of likely N-dealkylation sites (tertiary alicyclic amines) is 1. The summed E-state index contributed by atoms with van der Waals surface area (Å²) in [5.74, 6) is -2.36. The SMILES string of the molecule is C=C1C[C@@]23C[C@H](OC(C)=O)[C@]4(O)[C@@]5(C)C[C@H](O)C[C@@]46[C@@H]2[C@H](OC(=O)/C(C)=C/C)[C@H](OC(=O)/C(C)=C/C)[C@@H]1[C@@H]3[C@H]6N(C)C5. The molecule has 0 amide bonds. The second-order valence-electron chi connectivity index (χ2n) is 14.4. The lowest BCUT2D eigenvalue weighted by molar-refractivity contribution is -0.343. The van der Waals surface area contributed by atoms with Crippen molar-refractivity contribution in [3.63, 3.8) is 0 Å². The van der Waals surface area contributed by atoms with E-state index in [9.17, 15) is 24.6 Å². The Morgan fingerprint density at radius 1 is 0.976 bits per heavy atom. The Bertz CT molecular complexity index is 1320. The third kappa shape index (κ3) is 3.33. The molecule has 9 heteroatoms. The largest absolute Gasteiger partial charge is 0.459 e. The first-order chi connectivity index (χ1) is 19.6. The molecule has 230 valence electrons. The first kappa shape index (κ1) is 29.6. The molecule has 1 aliphatic heterocycles. The zero-order valence-corrected chi connectivity index (χ0v) is 25.8. The molecule has 2 spiro atoms. The second-order valence-corrected chi connectivity index (χ2v) is 14.4. The summed E-state index contributed by atoms with van der Waals surface area (Å²) in [5, 5.41) is 24.8. The van der Waals surface area contributed by atoms with Crippen molar-refractivity contribution in [2.75, 3.05) is 13.6 Å². The minimum absolute atomic E-state index is 0.108. The number of allylic oxidation sites excluding steroid dienone is 2. The van der Waals surface area contributed by atoms with Gasteiger partial charge in [-0.3, -0.25) is 4.79 Å². The smallest absolute Gasteiger partial charge is 0.333 e. The van der Waals surface area contributed by atoms with E-state index in [1.807, 2.05) is 6.92 Å². The van der Waals surface area contributed by atoms with Gasteiger partial charge in [0, 0.05) is 53.3 Å². The monoisotopic (exact) mass is 583 g/mol. The van der Waals surface area contributed by atoms with E-state index in [-0.39, 0.29) is 24.3 Å². The highest BCUT2D eigenvalue weighted by atomic mass is 16.6. The highest BCUT2D eigenvalue weighted by Crippen LogP contribution is 2.85. The molecule has 42 heavy (non-hydrogen) atoms. The molecule has 5 saturated carbocycles. The van der Waals surface area contributed by atoms with Gasteiger partial charge in [0.25, 0.3) is 0 Å². The summed E-state index contributed by atoms with van der Waals surface area (Å²) >= 11 is 0. The third-order valence-corrected chi connectivity index (χ3v) is 12.4. The third-order valence-electron chi connectivity index (χ3n) is 12.4. The fourth-order valence-electron chi connectivity index (χ4n) is 11.4. The lowest BCUT2D eigenvalue weighted by atomic mass is 9.38. The predicted molar refractivity (Wildman–Crippen MR) is 153 cm³/mol. The van der Waals surface area contributed by atoms with Crippen molar-refractivity contribution in [2.24, 2.45) is 34.0 Å². The predicted octanol–water partition coefficient (Wildman–Crippen LogP) is 3.09. The number of esters is 3. The summed E-state index contributed by atoms with van der Waals surface area (Å²) < 4.78 is 18.8. The van der Waals surface area contributed by atoms with Crippen molar-refractivity contribution < 1.29 is 38.8 Å². The molecule has 2 N–H and O–H groups in total. The highest BCUT2D eigenvalue weighted by Gasteiger charge is 2.91. The number of hydrogen-bond donors (Lipinski definition) is 2. The molecule has 9 nitrogen and oxygen atoms in total. The second kappa shape index (κ2) is 9.26. The maximum Gasteiger partial charge on any atom is 0.333 e. The fourth-order valence-corrected chi connectivity index (χ4v) is 11.4. The Hall–Kier alpha value is -2.49. The average Bonchev–Trinajstić information content (AvgIpc) is 3.18. The number of rotatable bonds is 5. The number of aliphatic hydroxyl groups is 2. The topological polar surface area (TPSA) is 123 Å². The van der Waals surface area contributed by atoms with Crippen molar-refractivity contribution in [2.45, 2.75) is 103 Å². The summed E-state index contributed by atoms with van der Waals surface area (Å²) in [6, 6.07) is -0.240. The van der Waals surface area contributed by atoms with Crippen LogP contribution in [0.5, 0.6) is 0 Å². The molecule has 12 atom stereocenters. The van der Waals surface area contributed by atoms with Crippen LogP contribution in [-0.2, 0) is 28.6 Å². The van der Waals surface area contributed by atoms with Gasteiger partial charge in [0.05, 0.1) is 6.10 Å². The minimum Gasteiger partial charge on any atom is -0.459 e. The number of carbonyl (C=O) groups excluding carboxylic acids is 3. The standard InChI is InChI=1S/C33H45NO8/c1-9-16(3)28(37)41-24-22-18(5)11-31-14-21(40-19(6)35)33(39)30(7)12-20(36)13-32(33,27(23(22)31)34(8)15-30)26(31)25(24)42-29(38)17(4)10-2/h9-10,20-27,36,39H,5,11-15H2,1-4,6-8H3/b16-9+,17-10+/t20-,21-,22-,23+,24+,25+,26+,27+,30-,31-,32-,33-/m0/s1. The number of hydrogen-bond acceptors (Lipinski definition) is 9. The van der Waals surface area contributed by atoms with E-state index in [0.29, 0.717) is 37.0 Å². The average molecular weight is 584 g/mol. The van der Waals surface area contributed by atoms with Crippen molar-refractivity contribution in [3.8, 4) is 0 Å². The molecule has 6 bridgehead atoms. The van der Waals surface area contributed by atoms with Gasteiger partial charge >= 0.3 is 17.9 Å². The number of piperidine rings is 1. The van der Waals surface area contributed by atoms with Crippen LogP contribution < -0.4 is 0 Å². The fraction of sp³-hybridized carbons (Fsp3) is 0.727. The van der Waals surface area contributed by atoms with Gasteiger partial charge in [-0.15, -0.1) is 0 Å². The molecule has 6 fully saturated rings. The summed E-state index contributed by atoms with van der Waals surface area (Å²) in [5.41, 5.74) is -2.06. The van der Waals surface area contributed by atoms with Crippen LogP contribution in [0.3, 0.4) is 0 Å². The van der Waals surface area contributed by atoms with Crippen LogP contribution in [-0.4, -0.2) is 82.7 Å². The summed E-state index contributed by atoms with van der Waals surface area (Å²) in [6.45, 7) is 15.3. The van der Waals surface area contributed by atoms with Crippen LogP contribution in [0.15, 0.2) is 35.5 Å². The minimum atomic E-state index is -1.51. The quantitative estimate of drug-likeness (QED) is 0.218. The van der Waals surface area contributed by atoms with Crippen molar-refractivity contribution >= 4 is 17.9 Å². The van der Waals surface area contributed by atoms with Gasteiger partial charge < -0.3 is 29.3 Å². The molecule has 0 unspecified atom stereocenters. The van der Waals surface area contributed by atoms with Gasteiger partial charge in [-0.2, -0.15) is 0 Å². The first-order valence-electron chi connectivity index (χ1n) is 15.3. The van der Waals surface area contributed by atoms with E-state index in [0.717, 1.165) is 5.57 Å². The lowest BCUT2D eigenvalue weighted by Gasteiger charge is -2.72. The first-order valence-corrected chi connectivity index (χ1v) is 15.3. The molecular weight excluding hydrogens is 538 g/mol. The van der Waals surface area contributed by atoms with Gasteiger partial charge in [0.1, 0.15) is 23.9 Å². The van der Waals surface area contributed by atoms with Crippen LogP contribution in [0.1, 0.15) is 67.2 Å². The molecule has 1 heterocycles. The molecule has 0 aromatic carbocycles. The molecule has 5 aliphatic carbocycles. The zero-order valence-electron chi connectivity index (χ0n) is 25.8. The van der Waals surface area contributed by atoms with E-state index >= 15 is 0 Å². The van der Waals surface area contributed by atoms with E-state index < -0.39 is 70.1 Å². The Morgan fingerprint density at radius 3 is 2.14 bits per heavy atom. The Balaban J connectivity index is 1.63. The van der Waals surface area contributed by atoms with Gasteiger partial charge in [-0.05, 0) is 71.8 Å². The summed E-state index contributed by atoms with van der Waals surface area (Å²) in [4.78, 5) is 41.7. The maximum atomic E-state index is 13.5. The van der Waals surface area contributed by atoms with Crippen molar-refractivity contribution in [3.05, 3.63) is 35.5 Å². The van der Waals surface area contributed by atoms with E-state index in [4.69, 9.17) is 14.2 Å². The molecule has 0 aromatic heterocycles. The summed E-state index contributed by atoms with van der Waals surface area (Å²) in [6.07, 6.45) is 1.75. The van der Waals surface area contributed by atoms with E-state index in [2.05, 4.69) is 18.5 Å². The summed E-state index contributed by atoms with van der Waals surface area (Å²) in [7, 11) is 2.06. The van der Waals surface area contributed by atoms with Crippen LogP contribution in [0.25, 0.3) is 0 Å². The van der Waals surface area contributed by atoms with E-state index in [1.165, 1.54) is 6.92 Å². The lowest BCUT2D eigenvalue weighted by Crippen LogP contribution is -2.82. The van der Waals surface area contributed by atoms with Crippen LogP contribution in [0, 0.1) is 34.0 Å². The number of aliphatic hydroxyl groups excluding tert-OH is 1. The van der Waals surface area contributed by atoms with Crippen molar-refractivity contribution in [1.29, 1.82) is 0 Å². The van der Waals surface area contributed by atoms with E-state index in [1.54, 1.807) is 39.8 Å². The Kier molecular flexibility index (Phi) is 6.52. The molecular formula is C33H45NO8. The van der Waals surface area contributed by atoms with Gasteiger partial charge in [-0.25, -0.2) is 9.59 Å². The number of nitrogens with zero attached hydrogens (tertiary/aromatic N) is 1. The zero-order chi connectivity index (χ0) is 30.7. The maximum absolute atomic E-state index is 13.5. The molecule has 6 rings (SSSR count). The van der Waals surface area contributed by atoms with Crippen LogP contribution in [0.4, 0.5) is 0 Å². The van der Waals surface area contributed by atoms with Crippen molar-refractivity contribution in [1.82, 2.24) is 4.90 Å². The molecule has 6 aliphatic rings. The Labute approximate surface area is 247 Å². The number of ether oxygens (including phenoxy) is 3. The molecule has 0 radical (unpaired) electrons. The number of carbonyl (C=O) groups is 3. The van der Waals surface area contributed by atoms with Gasteiger partial charge in [0.2, 0.25) is 0 Å². The Morgan fingerprint density at radius 2 is 1.57 bits per heavy atom. The highest BCUT2D eigenvalue weighted by molar-refractivity contribution is 5.89. The molecule has 0 aromatic rings. The van der Waals surface area contributed by atoms with Crippen LogP contribution in [0.2, 0.25) is 0 Å². The normalized spacial score (nSPS) is 49.0.